The highest BCUT2D eigenvalue weighted by Crippen LogP contribution is 2.01. The number of aliphatic carboxylic acids is 1. The van der Waals surface area contributed by atoms with Gasteiger partial charge in [-0.15, -0.1) is 0 Å². The van der Waals surface area contributed by atoms with Crippen LogP contribution in [0.15, 0.2) is 4.99 Å². The zero-order chi connectivity index (χ0) is 11.0. The van der Waals surface area contributed by atoms with E-state index in [-0.39, 0.29) is 0 Å². The maximum Gasteiger partial charge on any atom is 0.320 e. The van der Waals surface area contributed by atoms with Crippen molar-refractivity contribution >= 4 is 11.8 Å². The van der Waals surface area contributed by atoms with Crippen LogP contribution >= 0.6 is 0 Å². The Balaban J connectivity index is 3.52. The maximum atomic E-state index is 10.6. The van der Waals surface area contributed by atoms with Crippen LogP contribution < -0.4 is 11.1 Å². The first-order valence-corrected chi connectivity index (χ1v) is 4.74. The van der Waals surface area contributed by atoms with Crippen molar-refractivity contribution in [3.8, 4) is 0 Å². The van der Waals surface area contributed by atoms with E-state index in [4.69, 9.17) is 10.8 Å². The van der Waals surface area contributed by atoms with Gasteiger partial charge in [-0.05, 0) is 33.2 Å². The number of carbonyl (C=O) groups is 1. The average Bonchev–Trinajstić information content (AvgIpc) is 2.10. The molecule has 0 bridgehead atoms. The molecule has 0 heterocycles. The molecule has 0 aromatic rings. The number of hydrogen-bond donors (Lipinski definition) is 3. The highest BCUT2D eigenvalue weighted by Gasteiger charge is 2.13. The van der Waals surface area contributed by atoms with Crippen molar-refractivity contribution in [1.82, 2.24) is 5.32 Å². The van der Waals surface area contributed by atoms with Crippen LogP contribution in [-0.4, -0.2) is 36.5 Å². The van der Waals surface area contributed by atoms with E-state index >= 15 is 0 Å². The summed E-state index contributed by atoms with van der Waals surface area (Å²) in [5, 5.41) is 11.4. The summed E-state index contributed by atoms with van der Waals surface area (Å²) < 4.78 is 0. The number of amidine groups is 1. The lowest BCUT2D eigenvalue weighted by Crippen LogP contribution is -2.33. The Kier molecular flexibility index (Phi) is 6.74. The number of carboxylic acids is 1. The molecule has 0 radical (unpaired) electrons. The molecule has 5 heteroatoms. The van der Waals surface area contributed by atoms with Gasteiger partial charge in [0.05, 0.1) is 5.84 Å². The molecule has 0 aliphatic carbocycles. The molecule has 14 heavy (non-hydrogen) atoms. The Bertz CT molecular complexity index is 200. The van der Waals surface area contributed by atoms with Crippen LogP contribution in [0.3, 0.4) is 0 Å². The molecule has 0 aliphatic heterocycles. The van der Waals surface area contributed by atoms with E-state index in [2.05, 4.69) is 10.3 Å². The molecule has 0 saturated carbocycles. The number of nitrogens with one attached hydrogen (secondary N) is 1. The largest absolute Gasteiger partial charge is 0.480 e. The predicted octanol–water partition coefficient (Wildman–Crippen LogP) is 0.206. The molecule has 0 aromatic carbocycles. The molecule has 0 spiro atoms. The first-order chi connectivity index (χ1) is 6.57. The number of nitrogens with zero attached hydrogens (tertiary/aromatic N) is 1. The molecular formula is C9H19N3O2. The van der Waals surface area contributed by atoms with E-state index in [1.807, 2.05) is 0 Å². The van der Waals surface area contributed by atoms with E-state index in [1.54, 1.807) is 14.0 Å². The van der Waals surface area contributed by atoms with Gasteiger partial charge in [-0.2, -0.15) is 0 Å². The highest BCUT2D eigenvalue weighted by atomic mass is 16.4. The third-order valence-electron chi connectivity index (χ3n) is 1.91. The molecule has 0 amide bonds. The van der Waals surface area contributed by atoms with Crippen molar-refractivity contribution in [3.63, 3.8) is 0 Å². The number of rotatable bonds is 7. The monoisotopic (exact) mass is 201 g/mol. The summed E-state index contributed by atoms with van der Waals surface area (Å²) in [5.74, 6) is -0.223. The van der Waals surface area contributed by atoms with Gasteiger partial charge in [0.15, 0.2) is 0 Å². The van der Waals surface area contributed by atoms with Crippen LogP contribution in [0.4, 0.5) is 0 Å². The summed E-state index contributed by atoms with van der Waals surface area (Å²) in [6.45, 7) is 2.42. The Hall–Kier alpha value is -1.10. The summed E-state index contributed by atoms with van der Waals surface area (Å²) >= 11 is 0. The summed E-state index contributed by atoms with van der Waals surface area (Å²) in [4.78, 5) is 14.6. The Morgan fingerprint density at radius 3 is 2.64 bits per heavy atom. The fourth-order valence-corrected chi connectivity index (χ4v) is 1.11. The number of nitrogens with two attached hydrogens (primary N) is 1. The third-order valence-corrected chi connectivity index (χ3v) is 1.91. The van der Waals surface area contributed by atoms with Crippen LogP contribution in [0.2, 0.25) is 0 Å². The van der Waals surface area contributed by atoms with Gasteiger partial charge in [0.25, 0.3) is 0 Å². The topological polar surface area (TPSA) is 87.7 Å². The molecule has 0 saturated heterocycles. The van der Waals surface area contributed by atoms with Gasteiger partial charge in [-0.3, -0.25) is 9.79 Å². The standard InChI is InChI=1S/C9H19N3O2/c1-7(10)12-6-4-3-5-8(11-2)9(13)14/h8,11H,3-6H2,1-2H3,(H2,10,12)(H,13,14). The minimum atomic E-state index is -0.800. The molecule has 1 unspecified atom stereocenters. The molecule has 1 atom stereocenters. The number of likely N-dealkylation sites (N-methyl/N-ethyl adjacent to an activating group) is 1. The first-order valence-electron chi connectivity index (χ1n) is 4.74. The summed E-state index contributed by atoms with van der Waals surface area (Å²) in [6, 6.07) is -0.446. The second-order valence-corrected chi connectivity index (χ2v) is 3.20. The number of carboxylic acid groups (broad SMARTS) is 1. The van der Waals surface area contributed by atoms with E-state index in [9.17, 15) is 4.79 Å². The van der Waals surface area contributed by atoms with Crippen molar-refractivity contribution in [2.45, 2.75) is 32.2 Å². The van der Waals surface area contributed by atoms with Crippen LogP contribution in [-0.2, 0) is 4.79 Å². The second-order valence-electron chi connectivity index (χ2n) is 3.20. The molecule has 5 nitrogen and oxygen atoms in total. The lowest BCUT2D eigenvalue weighted by Gasteiger charge is -2.09. The van der Waals surface area contributed by atoms with Gasteiger partial charge in [0, 0.05) is 6.54 Å². The van der Waals surface area contributed by atoms with Crippen LogP contribution in [0, 0.1) is 0 Å². The van der Waals surface area contributed by atoms with Gasteiger partial charge >= 0.3 is 5.97 Å². The summed E-state index contributed by atoms with van der Waals surface area (Å²) in [7, 11) is 1.65. The van der Waals surface area contributed by atoms with Crippen molar-refractivity contribution in [2.75, 3.05) is 13.6 Å². The fourth-order valence-electron chi connectivity index (χ4n) is 1.11. The Labute approximate surface area is 84.4 Å². The van der Waals surface area contributed by atoms with Gasteiger partial charge in [-0.1, -0.05) is 0 Å². The van der Waals surface area contributed by atoms with Crippen LogP contribution in [0.25, 0.3) is 0 Å². The van der Waals surface area contributed by atoms with E-state index in [0.717, 1.165) is 12.8 Å². The Morgan fingerprint density at radius 1 is 1.57 bits per heavy atom. The molecule has 0 aliphatic rings. The normalized spacial score (nSPS) is 14.0. The number of hydrogen-bond acceptors (Lipinski definition) is 3. The van der Waals surface area contributed by atoms with Crippen LogP contribution in [0.5, 0.6) is 0 Å². The fraction of sp³-hybridized carbons (Fsp3) is 0.778. The van der Waals surface area contributed by atoms with E-state index in [0.29, 0.717) is 18.8 Å². The van der Waals surface area contributed by atoms with E-state index < -0.39 is 12.0 Å². The third kappa shape index (κ3) is 6.42. The number of aliphatic imine (C=N–C) groups is 1. The minimum absolute atomic E-state index is 0.446. The highest BCUT2D eigenvalue weighted by molar-refractivity contribution is 5.77. The summed E-state index contributed by atoms with van der Waals surface area (Å²) in [5.41, 5.74) is 5.35. The lowest BCUT2D eigenvalue weighted by molar-refractivity contribution is -0.139. The average molecular weight is 201 g/mol. The zero-order valence-electron chi connectivity index (χ0n) is 8.79. The maximum absolute atomic E-state index is 10.6. The smallest absolute Gasteiger partial charge is 0.320 e. The van der Waals surface area contributed by atoms with Crippen molar-refractivity contribution in [1.29, 1.82) is 0 Å². The molecule has 0 aromatic heterocycles. The number of unbranched alkanes of at least 4 members (excludes halogenated alkanes) is 1. The van der Waals surface area contributed by atoms with E-state index in [1.165, 1.54) is 0 Å². The van der Waals surface area contributed by atoms with Gasteiger partial charge in [-0.25, -0.2) is 0 Å². The van der Waals surface area contributed by atoms with Gasteiger partial charge < -0.3 is 16.2 Å². The first kappa shape index (κ1) is 12.9. The predicted molar refractivity (Wildman–Crippen MR) is 56.5 cm³/mol. The second kappa shape index (κ2) is 7.32. The van der Waals surface area contributed by atoms with Crippen LogP contribution in [0.1, 0.15) is 26.2 Å². The molecular weight excluding hydrogens is 182 g/mol. The Morgan fingerprint density at radius 2 is 2.21 bits per heavy atom. The minimum Gasteiger partial charge on any atom is -0.480 e. The lowest BCUT2D eigenvalue weighted by atomic mass is 10.1. The molecule has 4 N–H and O–H groups in total. The molecule has 0 rings (SSSR count). The van der Waals surface area contributed by atoms with Crippen molar-refractivity contribution in [3.05, 3.63) is 0 Å². The molecule has 82 valence electrons. The summed E-state index contributed by atoms with van der Waals surface area (Å²) in [6.07, 6.45) is 2.35. The quantitative estimate of drug-likeness (QED) is 0.312. The van der Waals surface area contributed by atoms with Crippen molar-refractivity contribution in [2.24, 2.45) is 10.7 Å². The van der Waals surface area contributed by atoms with Gasteiger partial charge in [0.1, 0.15) is 6.04 Å². The SMILES string of the molecule is CNC(CCCCN=C(C)N)C(=O)O. The molecule has 0 fully saturated rings. The van der Waals surface area contributed by atoms with Crippen molar-refractivity contribution < 1.29 is 9.90 Å². The zero-order valence-corrected chi connectivity index (χ0v) is 8.79. The van der Waals surface area contributed by atoms with Gasteiger partial charge in [0.2, 0.25) is 0 Å².